The van der Waals surface area contributed by atoms with E-state index in [1.165, 1.54) is 21.8 Å². The van der Waals surface area contributed by atoms with Gasteiger partial charge in [-0.3, -0.25) is 0 Å². The molecule has 0 aliphatic carbocycles. The maximum Gasteiger partial charge on any atom is 0.134 e. The lowest BCUT2D eigenvalue weighted by molar-refractivity contribution is 0.481. The highest BCUT2D eigenvalue weighted by Crippen LogP contribution is 2.42. The summed E-state index contributed by atoms with van der Waals surface area (Å²) in [5, 5.41) is 0. The van der Waals surface area contributed by atoms with Gasteiger partial charge < -0.3 is 4.74 Å². The van der Waals surface area contributed by atoms with E-state index in [-0.39, 0.29) is 0 Å². The molecule has 2 heteroatoms. The van der Waals surface area contributed by atoms with Crippen LogP contribution in [0, 0.1) is 0 Å². The first-order valence-corrected chi connectivity index (χ1v) is 5.72. The molecule has 2 heterocycles. The minimum absolute atomic E-state index is 0.983. The first-order chi connectivity index (χ1) is 6.95. The predicted octanol–water partition coefficient (Wildman–Crippen LogP) is 3.44. The molecule has 0 saturated heterocycles. The lowest BCUT2D eigenvalue weighted by atomic mass is 10.0. The summed E-state index contributed by atoms with van der Waals surface area (Å²) < 4.78 is 5.55. The number of thioether (sulfide) groups is 1. The number of para-hydroxylation sites is 1. The Hall–Kier alpha value is -1.15. The fraction of sp³-hybridized carbons (Fsp3) is 0.167. The highest BCUT2D eigenvalue weighted by molar-refractivity contribution is 8.03. The van der Waals surface area contributed by atoms with Crippen molar-refractivity contribution in [1.82, 2.24) is 0 Å². The van der Waals surface area contributed by atoms with Gasteiger partial charge in [0.25, 0.3) is 0 Å². The van der Waals surface area contributed by atoms with Crippen LogP contribution in [-0.4, -0.2) is 5.75 Å². The number of fused-ring (bicyclic) bond motifs is 2. The van der Waals surface area contributed by atoms with Crippen molar-refractivity contribution in [2.24, 2.45) is 0 Å². The molecule has 70 valence electrons. The van der Waals surface area contributed by atoms with Crippen LogP contribution in [0.25, 0.3) is 5.57 Å². The lowest BCUT2D eigenvalue weighted by Gasteiger charge is -2.06. The third-order valence-electron chi connectivity index (χ3n) is 2.53. The molecular weight excluding hydrogens is 192 g/mol. The smallest absolute Gasteiger partial charge is 0.134 e. The fourth-order valence-electron chi connectivity index (χ4n) is 1.88. The van der Waals surface area contributed by atoms with Gasteiger partial charge in [-0.1, -0.05) is 18.2 Å². The molecule has 1 nitrogen and oxygen atoms in total. The van der Waals surface area contributed by atoms with Gasteiger partial charge in [0.15, 0.2) is 0 Å². The van der Waals surface area contributed by atoms with Crippen molar-refractivity contribution in [1.29, 1.82) is 0 Å². The fourth-order valence-corrected chi connectivity index (χ4v) is 2.94. The molecule has 1 aromatic carbocycles. The van der Waals surface area contributed by atoms with Crippen molar-refractivity contribution in [3.05, 3.63) is 47.1 Å². The maximum atomic E-state index is 5.55. The lowest BCUT2D eigenvalue weighted by Crippen LogP contribution is -1.87. The van der Waals surface area contributed by atoms with E-state index in [1.54, 1.807) is 6.26 Å². The summed E-state index contributed by atoms with van der Waals surface area (Å²) in [4.78, 5) is 1.37. The van der Waals surface area contributed by atoms with E-state index in [4.69, 9.17) is 4.74 Å². The van der Waals surface area contributed by atoms with Crippen LogP contribution in [0.1, 0.15) is 12.0 Å². The van der Waals surface area contributed by atoms with Gasteiger partial charge in [0, 0.05) is 16.2 Å². The molecule has 0 unspecified atom stereocenters. The average Bonchev–Trinajstić information content (AvgIpc) is 2.61. The zero-order chi connectivity index (χ0) is 9.38. The highest BCUT2D eigenvalue weighted by atomic mass is 32.2. The molecule has 3 rings (SSSR count). The Morgan fingerprint density at radius 2 is 2.14 bits per heavy atom. The van der Waals surface area contributed by atoms with Gasteiger partial charge in [0.05, 0.1) is 6.26 Å². The van der Waals surface area contributed by atoms with Gasteiger partial charge in [0.2, 0.25) is 0 Å². The Bertz CT molecular complexity index is 432. The zero-order valence-corrected chi connectivity index (χ0v) is 8.51. The zero-order valence-electron chi connectivity index (χ0n) is 7.69. The van der Waals surface area contributed by atoms with Gasteiger partial charge in [0.1, 0.15) is 5.75 Å². The van der Waals surface area contributed by atoms with Crippen LogP contribution < -0.4 is 4.74 Å². The van der Waals surface area contributed by atoms with Crippen LogP contribution in [0.4, 0.5) is 0 Å². The van der Waals surface area contributed by atoms with Crippen LogP contribution in [0.2, 0.25) is 0 Å². The number of benzene rings is 1. The molecule has 0 aromatic heterocycles. The maximum absolute atomic E-state index is 5.55. The van der Waals surface area contributed by atoms with E-state index in [2.05, 4.69) is 18.2 Å². The largest absolute Gasteiger partial charge is 0.464 e. The standard InChI is InChI=1S/C12H10OS/c1-2-4-11-9(3-1)10-6-8-14-12(10)5-7-13-11/h1-5,7H,6,8H2. The third-order valence-corrected chi connectivity index (χ3v) is 3.64. The normalized spacial score (nSPS) is 18.6. The van der Waals surface area contributed by atoms with Crippen LogP contribution in [0.5, 0.6) is 5.75 Å². The minimum Gasteiger partial charge on any atom is -0.464 e. The summed E-state index contributed by atoms with van der Waals surface area (Å²) in [7, 11) is 0. The molecule has 1 aromatic rings. The molecule has 0 N–H and O–H groups in total. The second-order valence-corrected chi connectivity index (χ2v) is 4.49. The van der Waals surface area contributed by atoms with E-state index in [0.29, 0.717) is 0 Å². The van der Waals surface area contributed by atoms with E-state index < -0.39 is 0 Å². The number of hydrogen-bond acceptors (Lipinski definition) is 2. The van der Waals surface area contributed by atoms with Gasteiger partial charge in [-0.15, -0.1) is 11.8 Å². The molecule has 2 aliphatic rings. The highest BCUT2D eigenvalue weighted by Gasteiger charge is 2.19. The number of rotatable bonds is 0. The Labute approximate surface area is 87.5 Å². The quantitative estimate of drug-likeness (QED) is 0.637. The second kappa shape index (κ2) is 3.21. The molecule has 0 radical (unpaired) electrons. The second-order valence-electron chi connectivity index (χ2n) is 3.36. The van der Waals surface area contributed by atoms with Gasteiger partial charge >= 0.3 is 0 Å². The Kier molecular flexibility index (Phi) is 1.88. The summed E-state index contributed by atoms with van der Waals surface area (Å²) in [6, 6.07) is 8.25. The molecule has 2 aliphatic heterocycles. The van der Waals surface area contributed by atoms with Crippen molar-refractivity contribution < 1.29 is 4.74 Å². The molecule has 0 atom stereocenters. The van der Waals surface area contributed by atoms with Crippen molar-refractivity contribution in [2.75, 3.05) is 5.75 Å². The summed E-state index contributed by atoms with van der Waals surface area (Å²) in [5.74, 6) is 2.18. The number of allylic oxidation sites excluding steroid dienone is 2. The molecule has 0 saturated carbocycles. The predicted molar refractivity (Wildman–Crippen MR) is 60.2 cm³/mol. The Morgan fingerprint density at radius 1 is 1.21 bits per heavy atom. The van der Waals surface area contributed by atoms with Crippen molar-refractivity contribution in [3.63, 3.8) is 0 Å². The van der Waals surface area contributed by atoms with Gasteiger partial charge in [-0.2, -0.15) is 0 Å². The van der Waals surface area contributed by atoms with Crippen LogP contribution in [0.15, 0.2) is 41.5 Å². The molecule has 0 spiro atoms. The first kappa shape index (κ1) is 8.18. The van der Waals surface area contributed by atoms with E-state index in [0.717, 1.165) is 12.2 Å². The summed E-state index contributed by atoms with van der Waals surface area (Å²) in [6.45, 7) is 0. The molecular formula is C12H10OS. The molecule has 0 bridgehead atoms. The molecule has 0 fully saturated rings. The topological polar surface area (TPSA) is 9.23 Å². The minimum atomic E-state index is 0.983. The Morgan fingerprint density at radius 3 is 3.14 bits per heavy atom. The number of hydrogen-bond donors (Lipinski definition) is 0. The van der Waals surface area contributed by atoms with Crippen LogP contribution in [-0.2, 0) is 0 Å². The third kappa shape index (κ3) is 1.18. The number of ether oxygens (including phenoxy) is 1. The van der Waals surface area contributed by atoms with E-state index in [9.17, 15) is 0 Å². The van der Waals surface area contributed by atoms with Crippen molar-refractivity contribution in [3.8, 4) is 5.75 Å². The summed E-state index contributed by atoms with van der Waals surface area (Å²) in [5.41, 5.74) is 2.71. The van der Waals surface area contributed by atoms with Crippen LogP contribution >= 0.6 is 11.8 Å². The summed E-state index contributed by atoms with van der Waals surface area (Å²) in [6.07, 6.45) is 5.03. The first-order valence-electron chi connectivity index (χ1n) is 4.74. The van der Waals surface area contributed by atoms with E-state index in [1.807, 2.05) is 23.9 Å². The van der Waals surface area contributed by atoms with E-state index >= 15 is 0 Å². The van der Waals surface area contributed by atoms with Gasteiger partial charge in [-0.25, -0.2) is 0 Å². The monoisotopic (exact) mass is 202 g/mol. The summed E-state index contributed by atoms with van der Waals surface area (Å²) >= 11 is 1.92. The van der Waals surface area contributed by atoms with Crippen LogP contribution in [0.3, 0.4) is 0 Å². The molecule has 0 amide bonds. The van der Waals surface area contributed by atoms with Crippen molar-refractivity contribution in [2.45, 2.75) is 6.42 Å². The Balaban J connectivity index is 2.22. The van der Waals surface area contributed by atoms with Crippen molar-refractivity contribution >= 4 is 17.3 Å². The molecule has 14 heavy (non-hydrogen) atoms. The average molecular weight is 202 g/mol. The van der Waals surface area contributed by atoms with Gasteiger partial charge in [-0.05, 0) is 24.1 Å². The SMILES string of the molecule is C1=CC2=C(CCS2)c2ccccc2O1.